The van der Waals surface area contributed by atoms with Gasteiger partial charge in [0.15, 0.2) is 10.8 Å². The maximum absolute atomic E-state index is 13.3. The molecule has 1 atom stereocenters. The predicted molar refractivity (Wildman–Crippen MR) is 94.0 cm³/mol. The van der Waals surface area contributed by atoms with Crippen LogP contribution < -0.4 is 5.32 Å². The number of alkyl halides is 2. The number of aromatic nitrogens is 3. The van der Waals surface area contributed by atoms with Crippen molar-refractivity contribution in [2.75, 3.05) is 5.32 Å². The van der Waals surface area contributed by atoms with E-state index in [1.165, 1.54) is 11.3 Å². The van der Waals surface area contributed by atoms with E-state index in [-0.39, 0.29) is 18.9 Å². The van der Waals surface area contributed by atoms with Crippen molar-refractivity contribution < 1.29 is 13.9 Å². The second kappa shape index (κ2) is 7.29. The van der Waals surface area contributed by atoms with E-state index in [0.29, 0.717) is 41.6 Å². The Balaban J connectivity index is 1.85. The first-order chi connectivity index (χ1) is 11.9. The number of nitrogens with one attached hydrogen (secondary N) is 1. The fraction of sp³-hybridized carbons (Fsp3) is 0.588. The first kappa shape index (κ1) is 18.1. The first-order valence-corrected chi connectivity index (χ1v) is 9.38. The molecule has 2 heterocycles. The topological polar surface area (TPSA) is 70.9 Å². The fourth-order valence-corrected chi connectivity index (χ4v) is 3.59. The van der Waals surface area contributed by atoms with Gasteiger partial charge in [0.05, 0.1) is 11.8 Å². The molecule has 2 N–H and O–H groups in total. The fourth-order valence-electron chi connectivity index (χ4n) is 2.87. The molecule has 0 radical (unpaired) electrons. The number of aryl methyl sites for hydroxylation is 1. The smallest absolute Gasteiger partial charge is 0.248 e. The highest BCUT2D eigenvalue weighted by molar-refractivity contribution is 7.13. The summed E-state index contributed by atoms with van der Waals surface area (Å²) in [5.74, 6) is -1.56. The maximum Gasteiger partial charge on any atom is 0.248 e. The molecule has 5 nitrogen and oxygen atoms in total. The molecule has 1 fully saturated rings. The van der Waals surface area contributed by atoms with Gasteiger partial charge in [-0.1, -0.05) is 6.92 Å². The number of aliphatic hydroxyl groups excluding tert-OH is 1. The summed E-state index contributed by atoms with van der Waals surface area (Å²) in [5.41, 5.74) is 1.40. The third-order valence-corrected chi connectivity index (χ3v) is 5.31. The van der Waals surface area contributed by atoms with Gasteiger partial charge in [0, 0.05) is 36.0 Å². The summed E-state index contributed by atoms with van der Waals surface area (Å²) in [5, 5.41) is 16.0. The zero-order chi connectivity index (χ0) is 18.0. The van der Waals surface area contributed by atoms with Crippen LogP contribution in [0.5, 0.6) is 0 Å². The van der Waals surface area contributed by atoms with Crippen LogP contribution in [0.1, 0.15) is 56.5 Å². The van der Waals surface area contributed by atoms with E-state index in [9.17, 15) is 13.9 Å². The number of aliphatic hydroxyl groups is 1. The lowest BCUT2D eigenvalue weighted by Gasteiger charge is -2.29. The number of anilines is 1. The van der Waals surface area contributed by atoms with Crippen molar-refractivity contribution in [3.63, 3.8) is 0 Å². The highest BCUT2D eigenvalue weighted by Gasteiger charge is 2.35. The molecule has 0 aromatic carbocycles. The summed E-state index contributed by atoms with van der Waals surface area (Å²) in [6.45, 7) is 3.77. The van der Waals surface area contributed by atoms with Crippen LogP contribution in [0, 0.1) is 6.92 Å². The SMILES string of the molecule is CCC(O)c1cc(NC2CCC(F)(F)CC2)nc(-c2nc(C)cs2)n1. The Labute approximate surface area is 149 Å². The van der Waals surface area contributed by atoms with E-state index in [4.69, 9.17) is 0 Å². The van der Waals surface area contributed by atoms with Gasteiger partial charge in [0.25, 0.3) is 0 Å². The lowest BCUT2D eigenvalue weighted by molar-refractivity contribution is -0.0361. The minimum atomic E-state index is -2.56. The summed E-state index contributed by atoms with van der Waals surface area (Å²) in [6.07, 6.45) is 0.404. The van der Waals surface area contributed by atoms with Gasteiger partial charge in [-0.25, -0.2) is 23.7 Å². The van der Waals surface area contributed by atoms with Crippen LogP contribution in [-0.4, -0.2) is 32.0 Å². The molecule has 1 aliphatic carbocycles. The zero-order valence-electron chi connectivity index (χ0n) is 14.3. The molecule has 0 spiro atoms. The summed E-state index contributed by atoms with van der Waals surface area (Å²) < 4.78 is 26.7. The summed E-state index contributed by atoms with van der Waals surface area (Å²) >= 11 is 1.44. The van der Waals surface area contributed by atoms with Crippen molar-refractivity contribution in [1.29, 1.82) is 0 Å². The lowest BCUT2D eigenvalue weighted by atomic mass is 9.92. The van der Waals surface area contributed by atoms with Gasteiger partial charge < -0.3 is 10.4 Å². The average Bonchev–Trinajstić information content (AvgIpc) is 3.02. The third kappa shape index (κ3) is 4.49. The van der Waals surface area contributed by atoms with E-state index >= 15 is 0 Å². The number of rotatable bonds is 5. The second-order valence-corrected chi connectivity index (χ2v) is 7.35. The van der Waals surface area contributed by atoms with Crippen LogP contribution in [0.3, 0.4) is 0 Å². The molecule has 0 saturated heterocycles. The minimum absolute atomic E-state index is 0.0491. The van der Waals surface area contributed by atoms with E-state index < -0.39 is 12.0 Å². The molecular formula is C17H22F2N4OS. The molecule has 0 aliphatic heterocycles. The van der Waals surface area contributed by atoms with E-state index in [1.807, 2.05) is 19.2 Å². The van der Waals surface area contributed by atoms with Gasteiger partial charge in [-0.05, 0) is 26.2 Å². The molecule has 3 rings (SSSR count). The highest BCUT2D eigenvalue weighted by Crippen LogP contribution is 2.34. The van der Waals surface area contributed by atoms with Crippen molar-refractivity contribution in [2.45, 2.75) is 64.0 Å². The number of nitrogens with zero attached hydrogens (tertiary/aromatic N) is 3. The van der Waals surface area contributed by atoms with Crippen LogP contribution >= 0.6 is 11.3 Å². The quantitative estimate of drug-likeness (QED) is 0.821. The zero-order valence-corrected chi connectivity index (χ0v) is 15.1. The van der Waals surface area contributed by atoms with Crippen molar-refractivity contribution in [1.82, 2.24) is 15.0 Å². The molecule has 0 bridgehead atoms. The van der Waals surface area contributed by atoms with Crippen molar-refractivity contribution in [3.05, 3.63) is 22.8 Å². The second-order valence-electron chi connectivity index (χ2n) is 6.49. The normalized spacial score (nSPS) is 18.9. The van der Waals surface area contributed by atoms with Crippen molar-refractivity contribution >= 4 is 17.2 Å². The highest BCUT2D eigenvalue weighted by atomic mass is 32.1. The molecule has 136 valence electrons. The van der Waals surface area contributed by atoms with Crippen LogP contribution in [0.4, 0.5) is 14.6 Å². The molecule has 1 saturated carbocycles. The number of hydrogen-bond donors (Lipinski definition) is 2. The maximum atomic E-state index is 13.3. The van der Waals surface area contributed by atoms with Gasteiger partial charge in [0.2, 0.25) is 5.92 Å². The monoisotopic (exact) mass is 368 g/mol. The van der Waals surface area contributed by atoms with E-state index in [1.54, 1.807) is 6.07 Å². The molecule has 8 heteroatoms. The largest absolute Gasteiger partial charge is 0.387 e. The predicted octanol–water partition coefficient (Wildman–Crippen LogP) is 4.34. The van der Waals surface area contributed by atoms with Gasteiger partial charge in [-0.15, -0.1) is 11.3 Å². The van der Waals surface area contributed by atoms with Crippen LogP contribution in [0.2, 0.25) is 0 Å². The van der Waals surface area contributed by atoms with Gasteiger partial charge in [-0.3, -0.25) is 0 Å². The Morgan fingerprint density at radius 1 is 1.32 bits per heavy atom. The number of thiazole rings is 1. The summed E-state index contributed by atoms with van der Waals surface area (Å²) in [4.78, 5) is 13.3. The molecular weight excluding hydrogens is 346 g/mol. The van der Waals surface area contributed by atoms with E-state index in [0.717, 1.165) is 5.69 Å². The Bertz CT molecular complexity index is 727. The molecule has 2 aromatic heterocycles. The Kier molecular flexibility index (Phi) is 5.29. The van der Waals surface area contributed by atoms with Crippen LogP contribution in [-0.2, 0) is 0 Å². The van der Waals surface area contributed by atoms with Gasteiger partial charge in [0.1, 0.15) is 5.82 Å². The number of halogens is 2. The number of hydrogen-bond acceptors (Lipinski definition) is 6. The molecule has 25 heavy (non-hydrogen) atoms. The molecule has 1 aliphatic rings. The van der Waals surface area contributed by atoms with Crippen molar-refractivity contribution in [2.24, 2.45) is 0 Å². The molecule has 0 amide bonds. The van der Waals surface area contributed by atoms with Crippen molar-refractivity contribution in [3.8, 4) is 10.8 Å². The van der Waals surface area contributed by atoms with Crippen LogP contribution in [0.25, 0.3) is 10.8 Å². The minimum Gasteiger partial charge on any atom is -0.387 e. The van der Waals surface area contributed by atoms with E-state index in [2.05, 4.69) is 20.3 Å². The van der Waals surface area contributed by atoms with Crippen LogP contribution in [0.15, 0.2) is 11.4 Å². The molecule has 1 unspecified atom stereocenters. The van der Waals surface area contributed by atoms with Gasteiger partial charge in [-0.2, -0.15) is 0 Å². The molecule has 2 aromatic rings. The standard InChI is InChI=1S/C17H22F2N4OS/c1-3-13(24)12-8-14(21-11-4-6-17(18,19)7-5-11)23-15(22-12)16-20-10(2)9-25-16/h8-9,11,13,24H,3-7H2,1-2H3,(H,21,22,23). The van der Waals surface area contributed by atoms with Gasteiger partial charge >= 0.3 is 0 Å². The lowest BCUT2D eigenvalue weighted by Crippen LogP contribution is -2.32. The average molecular weight is 368 g/mol. The Morgan fingerprint density at radius 2 is 2.04 bits per heavy atom. The first-order valence-electron chi connectivity index (χ1n) is 8.50. The summed E-state index contributed by atoms with van der Waals surface area (Å²) in [7, 11) is 0. The summed E-state index contributed by atoms with van der Waals surface area (Å²) in [6, 6.07) is 1.65. The Morgan fingerprint density at radius 3 is 2.64 bits per heavy atom. The third-order valence-electron chi connectivity index (χ3n) is 4.35. The Hall–Kier alpha value is -1.67.